The Bertz CT molecular complexity index is 1040. The number of aromatic amines is 1. The van der Waals surface area contributed by atoms with E-state index in [9.17, 15) is 14.4 Å². The van der Waals surface area contributed by atoms with Crippen LogP contribution in [0.25, 0.3) is 10.9 Å². The van der Waals surface area contributed by atoms with Crippen molar-refractivity contribution >= 4 is 57.5 Å². The number of ketones is 1. The number of Topliss-reactive ketones (excluding diaryl/α,β-unsaturated/α-hetero) is 1. The van der Waals surface area contributed by atoms with E-state index in [1.54, 1.807) is 18.2 Å². The number of fused-ring (bicyclic) bond motifs is 1. The molecule has 0 saturated carbocycles. The molecule has 0 spiro atoms. The van der Waals surface area contributed by atoms with Crippen LogP contribution in [0.5, 0.6) is 0 Å². The topological polar surface area (TPSA) is 88.3 Å². The number of anilines is 1. The second kappa shape index (κ2) is 7.19. The average Bonchev–Trinajstić information content (AvgIpc) is 3.05. The Morgan fingerprint density at radius 2 is 1.85 bits per heavy atom. The van der Waals surface area contributed by atoms with E-state index >= 15 is 0 Å². The fourth-order valence-corrected chi connectivity index (χ4v) is 2.78. The molecule has 1 aromatic heterocycles. The standard InChI is InChI=1S/C18H12Cl2N2O4/c1-26-18(25)9-2-4-13(20)15(6-9)22-17(24)16(23)12-8-21-14-5-3-10(19)7-11(12)14/h2-8,21H,1H3,(H,22,24). The number of carbonyl (C=O) groups excluding carboxylic acids is 3. The number of H-pyrrole nitrogens is 1. The molecule has 0 unspecified atom stereocenters. The second-order valence-electron chi connectivity index (χ2n) is 5.36. The van der Waals surface area contributed by atoms with Gasteiger partial charge in [0.15, 0.2) is 0 Å². The van der Waals surface area contributed by atoms with Crippen LogP contribution in [0.3, 0.4) is 0 Å². The number of rotatable bonds is 4. The van der Waals surface area contributed by atoms with E-state index in [-0.39, 0.29) is 21.8 Å². The molecule has 8 heteroatoms. The predicted molar refractivity (Wildman–Crippen MR) is 99.1 cm³/mol. The molecule has 0 bridgehead atoms. The zero-order valence-corrected chi connectivity index (χ0v) is 14.9. The highest BCUT2D eigenvalue weighted by atomic mass is 35.5. The molecule has 6 nitrogen and oxygen atoms in total. The van der Waals surface area contributed by atoms with E-state index < -0.39 is 17.7 Å². The second-order valence-corrected chi connectivity index (χ2v) is 6.21. The lowest BCUT2D eigenvalue weighted by molar-refractivity contribution is -0.112. The summed E-state index contributed by atoms with van der Waals surface area (Å²) in [4.78, 5) is 39.4. The van der Waals surface area contributed by atoms with Crippen LogP contribution in [-0.4, -0.2) is 29.8 Å². The quantitative estimate of drug-likeness (QED) is 0.399. The van der Waals surface area contributed by atoms with Crippen molar-refractivity contribution in [3.8, 4) is 0 Å². The fourth-order valence-electron chi connectivity index (χ4n) is 2.45. The van der Waals surface area contributed by atoms with Crippen LogP contribution in [0.2, 0.25) is 10.0 Å². The minimum atomic E-state index is -0.894. The molecule has 2 aromatic carbocycles. The summed E-state index contributed by atoms with van der Waals surface area (Å²) in [6.45, 7) is 0. The summed E-state index contributed by atoms with van der Waals surface area (Å²) in [5.41, 5.74) is 1.18. The number of ether oxygens (including phenoxy) is 1. The number of methoxy groups -OCH3 is 1. The van der Waals surface area contributed by atoms with E-state index in [2.05, 4.69) is 15.0 Å². The van der Waals surface area contributed by atoms with E-state index in [1.165, 1.54) is 31.5 Å². The van der Waals surface area contributed by atoms with E-state index in [1.807, 2.05) is 0 Å². The predicted octanol–water partition coefficient (Wildman–Crippen LogP) is 4.08. The number of hydrogen-bond acceptors (Lipinski definition) is 4. The highest BCUT2D eigenvalue weighted by molar-refractivity contribution is 6.49. The molecular formula is C18H12Cl2N2O4. The van der Waals surface area contributed by atoms with Crippen molar-refractivity contribution in [2.45, 2.75) is 0 Å². The van der Waals surface area contributed by atoms with Crippen LogP contribution >= 0.6 is 23.2 Å². The molecule has 2 N–H and O–H groups in total. The minimum absolute atomic E-state index is 0.130. The van der Waals surface area contributed by atoms with Gasteiger partial charge in [-0.1, -0.05) is 23.2 Å². The smallest absolute Gasteiger partial charge is 0.337 e. The molecule has 0 aliphatic carbocycles. The van der Waals surface area contributed by atoms with Gasteiger partial charge >= 0.3 is 5.97 Å². The lowest BCUT2D eigenvalue weighted by Crippen LogP contribution is -2.23. The number of carbonyl (C=O) groups is 3. The van der Waals surface area contributed by atoms with Gasteiger partial charge in [-0.25, -0.2) is 4.79 Å². The summed E-state index contributed by atoms with van der Waals surface area (Å²) >= 11 is 12.0. The zero-order valence-electron chi connectivity index (χ0n) is 13.4. The molecule has 1 heterocycles. The average molecular weight is 391 g/mol. The number of hydrogen-bond donors (Lipinski definition) is 2. The molecule has 0 aliphatic heterocycles. The molecule has 26 heavy (non-hydrogen) atoms. The van der Waals surface area contributed by atoms with Crippen LogP contribution in [0.1, 0.15) is 20.7 Å². The molecule has 3 aromatic rings. The summed E-state index contributed by atoms with van der Waals surface area (Å²) in [5, 5.41) is 3.58. The maximum Gasteiger partial charge on any atom is 0.337 e. The summed E-state index contributed by atoms with van der Waals surface area (Å²) in [5.74, 6) is -2.25. The van der Waals surface area contributed by atoms with Gasteiger partial charge in [0.05, 0.1) is 28.9 Å². The third-order valence-electron chi connectivity index (χ3n) is 3.73. The minimum Gasteiger partial charge on any atom is -0.465 e. The largest absolute Gasteiger partial charge is 0.465 e. The summed E-state index contributed by atoms with van der Waals surface area (Å²) in [6, 6.07) is 9.20. The van der Waals surface area contributed by atoms with Gasteiger partial charge in [0.2, 0.25) is 0 Å². The Hall–Kier alpha value is -2.83. The molecule has 132 valence electrons. The maximum absolute atomic E-state index is 12.5. The van der Waals surface area contributed by atoms with E-state index in [0.29, 0.717) is 15.9 Å². The molecule has 0 radical (unpaired) electrons. The lowest BCUT2D eigenvalue weighted by atomic mass is 10.1. The lowest BCUT2D eigenvalue weighted by Gasteiger charge is -2.08. The molecule has 3 rings (SSSR count). The van der Waals surface area contributed by atoms with Crippen LogP contribution in [-0.2, 0) is 9.53 Å². The van der Waals surface area contributed by atoms with Crippen molar-refractivity contribution in [3.63, 3.8) is 0 Å². The van der Waals surface area contributed by atoms with Crippen molar-refractivity contribution in [2.24, 2.45) is 0 Å². The SMILES string of the molecule is COC(=O)c1ccc(Cl)c(NC(=O)C(=O)c2c[nH]c3ccc(Cl)cc23)c1. The highest BCUT2D eigenvalue weighted by Crippen LogP contribution is 2.25. The first-order valence-corrected chi connectivity index (χ1v) is 8.16. The van der Waals surface area contributed by atoms with Crippen LogP contribution in [0, 0.1) is 0 Å². The van der Waals surface area contributed by atoms with Crippen molar-refractivity contribution in [3.05, 3.63) is 63.8 Å². The van der Waals surface area contributed by atoms with Gasteiger partial charge in [-0.05, 0) is 36.4 Å². The Labute approximate surface area is 158 Å². The first-order valence-electron chi connectivity index (χ1n) is 7.41. The van der Waals surface area contributed by atoms with Crippen LogP contribution in [0.15, 0.2) is 42.6 Å². The third-order valence-corrected chi connectivity index (χ3v) is 4.29. The molecule has 0 aliphatic rings. The summed E-state index contributed by atoms with van der Waals surface area (Å²) in [6.07, 6.45) is 1.44. The fraction of sp³-hybridized carbons (Fsp3) is 0.0556. The summed E-state index contributed by atoms with van der Waals surface area (Å²) < 4.78 is 4.62. The Balaban J connectivity index is 1.89. The van der Waals surface area contributed by atoms with Crippen molar-refractivity contribution < 1.29 is 19.1 Å². The number of halogens is 2. The van der Waals surface area contributed by atoms with E-state index in [4.69, 9.17) is 23.2 Å². The van der Waals surface area contributed by atoms with Gasteiger partial charge in [-0.2, -0.15) is 0 Å². The van der Waals surface area contributed by atoms with Crippen LogP contribution < -0.4 is 5.32 Å². The summed E-state index contributed by atoms with van der Waals surface area (Å²) in [7, 11) is 1.24. The number of amides is 1. The van der Waals surface area contributed by atoms with Gasteiger partial charge < -0.3 is 15.0 Å². The monoisotopic (exact) mass is 390 g/mol. The number of benzene rings is 2. The molecule has 0 atom stereocenters. The highest BCUT2D eigenvalue weighted by Gasteiger charge is 2.21. The Morgan fingerprint density at radius 3 is 2.58 bits per heavy atom. The van der Waals surface area contributed by atoms with Crippen molar-refractivity contribution in [2.75, 3.05) is 12.4 Å². The maximum atomic E-state index is 12.5. The van der Waals surface area contributed by atoms with Gasteiger partial charge in [-0.3, -0.25) is 9.59 Å². The number of esters is 1. The number of nitrogens with one attached hydrogen (secondary N) is 2. The van der Waals surface area contributed by atoms with Crippen LogP contribution in [0.4, 0.5) is 5.69 Å². The van der Waals surface area contributed by atoms with Crippen molar-refractivity contribution in [1.29, 1.82) is 0 Å². The Kier molecular flexibility index (Phi) is 4.97. The zero-order chi connectivity index (χ0) is 18.8. The van der Waals surface area contributed by atoms with Gasteiger partial charge in [0.25, 0.3) is 11.7 Å². The van der Waals surface area contributed by atoms with Crippen molar-refractivity contribution in [1.82, 2.24) is 4.98 Å². The molecule has 0 fully saturated rings. The van der Waals surface area contributed by atoms with Gasteiger partial charge in [0, 0.05) is 22.1 Å². The third kappa shape index (κ3) is 3.42. The van der Waals surface area contributed by atoms with Gasteiger partial charge in [0.1, 0.15) is 0 Å². The van der Waals surface area contributed by atoms with E-state index in [0.717, 1.165) is 0 Å². The molecular weight excluding hydrogens is 379 g/mol. The normalized spacial score (nSPS) is 10.6. The first kappa shape index (κ1) is 18.0. The number of aromatic nitrogens is 1. The Morgan fingerprint density at radius 1 is 1.08 bits per heavy atom. The van der Waals surface area contributed by atoms with Gasteiger partial charge in [-0.15, -0.1) is 0 Å². The first-order chi connectivity index (χ1) is 12.4. The molecule has 1 amide bonds. The molecule has 0 saturated heterocycles.